The van der Waals surface area contributed by atoms with Crippen LogP contribution in [0.25, 0.3) is 0 Å². The van der Waals surface area contributed by atoms with Gasteiger partial charge in [0.05, 0.1) is 18.6 Å². The molecule has 0 bridgehead atoms. The number of ether oxygens (including phenoxy) is 1. The molecule has 1 aliphatic rings. The first kappa shape index (κ1) is 13.5. The number of nitrogens with zero attached hydrogens (tertiary/aromatic N) is 2. The Morgan fingerprint density at radius 3 is 2.68 bits per heavy atom. The van der Waals surface area contributed by atoms with Crippen LogP contribution < -0.4 is 0 Å². The Bertz CT molecular complexity index is 485. The van der Waals surface area contributed by atoms with E-state index in [1.54, 1.807) is 17.3 Å². The number of rotatable bonds is 3. The summed E-state index contributed by atoms with van der Waals surface area (Å²) in [5, 5.41) is 0. The molecule has 0 saturated carbocycles. The van der Waals surface area contributed by atoms with Gasteiger partial charge in [-0.15, -0.1) is 0 Å². The van der Waals surface area contributed by atoms with E-state index in [0.717, 1.165) is 5.56 Å². The zero-order valence-electron chi connectivity index (χ0n) is 11.4. The quantitative estimate of drug-likeness (QED) is 0.772. The first-order valence-electron chi connectivity index (χ1n) is 6.24. The normalized spacial score (nSPS) is 21.5. The first-order chi connectivity index (χ1) is 8.96. The number of carbonyl (C=O) groups is 2. The molecular formula is C14H18N2O3. The summed E-state index contributed by atoms with van der Waals surface area (Å²) in [6, 6.07) is 3.74. The van der Waals surface area contributed by atoms with Crippen molar-refractivity contribution in [3.05, 3.63) is 30.1 Å². The van der Waals surface area contributed by atoms with Crippen LogP contribution in [0.3, 0.4) is 0 Å². The number of methoxy groups -OCH3 is 1. The van der Waals surface area contributed by atoms with Crippen molar-refractivity contribution in [2.45, 2.75) is 32.4 Å². The van der Waals surface area contributed by atoms with E-state index in [0.29, 0.717) is 6.54 Å². The number of hydrogen-bond donors (Lipinski definition) is 0. The van der Waals surface area contributed by atoms with E-state index in [1.165, 1.54) is 7.11 Å². The molecule has 5 heteroatoms. The number of esters is 1. The monoisotopic (exact) mass is 262 g/mol. The summed E-state index contributed by atoms with van der Waals surface area (Å²) in [7, 11) is 1.36. The molecule has 0 spiro atoms. The van der Waals surface area contributed by atoms with Gasteiger partial charge in [-0.05, 0) is 31.5 Å². The fourth-order valence-corrected chi connectivity index (χ4v) is 2.52. The predicted molar refractivity (Wildman–Crippen MR) is 69.0 cm³/mol. The van der Waals surface area contributed by atoms with Crippen LogP contribution in [-0.4, -0.2) is 34.4 Å². The SMILES string of the molecule is COC(=O)C1CC(=O)N(Cc2ccncc2)C1(C)C. The second-order valence-electron chi connectivity index (χ2n) is 5.27. The summed E-state index contributed by atoms with van der Waals surface area (Å²) < 4.78 is 4.79. The van der Waals surface area contributed by atoms with Crippen LogP contribution >= 0.6 is 0 Å². The molecule has 0 N–H and O–H groups in total. The van der Waals surface area contributed by atoms with Gasteiger partial charge in [-0.25, -0.2) is 0 Å². The third kappa shape index (κ3) is 2.45. The Morgan fingerprint density at radius 2 is 2.11 bits per heavy atom. The molecule has 1 saturated heterocycles. The highest BCUT2D eigenvalue weighted by atomic mass is 16.5. The molecule has 0 aliphatic carbocycles. The van der Waals surface area contributed by atoms with Gasteiger partial charge in [0, 0.05) is 25.4 Å². The number of amides is 1. The van der Waals surface area contributed by atoms with Crippen LogP contribution in [0.4, 0.5) is 0 Å². The Kier molecular flexibility index (Phi) is 3.55. The molecule has 1 aliphatic heterocycles. The molecule has 1 fully saturated rings. The van der Waals surface area contributed by atoms with E-state index in [-0.39, 0.29) is 18.3 Å². The van der Waals surface area contributed by atoms with Crippen LogP contribution in [0.15, 0.2) is 24.5 Å². The molecule has 102 valence electrons. The van der Waals surface area contributed by atoms with Crippen LogP contribution in [-0.2, 0) is 20.9 Å². The largest absolute Gasteiger partial charge is 0.469 e. The third-order valence-corrected chi connectivity index (χ3v) is 3.80. The topological polar surface area (TPSA) is 59.5 Å². The molecule has 0 aromatic carbocycles. The highest BCUT2D eigenvalue weighted by Gasteiger charge is 2.50. The van der Waals surface area contributed by atoms with Crippen LogP contribution in [0.1, 0.15) is 25.8 Å². The minimum absolute atomic E-state index is 0.0165. The molecule has 5 nitrogen and oxygen atoms in total. The maximum absolute atomic E-state index is 12.1. The minimum Gasteiger partial charge on any atom is -0.469 e. The summed E-state index contributed by atoms with van der Waals surface area (Å²) >= 11 is 0. The lowest BCUT2D eigenvalue weighted by Crippen LogP contribution is -2.45. The van der Waals surface area contributed by atoms with E-state index >= 15 is 0 Å². The van der Waals surface area contributed by atoms with Gasteiger partial charge in [-0.1, -0.05) is 0 Å². The van der Waals surface area contributed by atoms with Crippen LogP contribution in [0.5, 0.6) is 0 Å². The van der Waals surface area contributed by atoms with Gasteiger partial charge in [-0.3, -0.25) is 14.6 Å². The molecule has 1 atom stereocenters. The minimum atomic E-state index is -0.534. The second-order valence-corrected chi connectivity index (χ2v) is 5.27. The molecule has 1 unspecified atom stereocenters. The van der Waals surface area contributed by atoms with Gasteiger partial charge >= 0.3 is 5.97 Å². The van der Waals surface area contributed by atoms with Gasteiger partial charge in [0.25, 0.3) is 0 Å². The van der Waals surface area contributed by atoms with Crippen molar-refractivity contribution >= 4 is 11.9 Å². The van der Waals surface area contributed by atoms with Gasteiger partial charge in [0.15, 0.2) is 0 Å². The smallest absolute Gasteiger partial charge is 0.311 e. The Hall–Kier alpha value is -1.91. The predicted octanol–water partition coefficient (Wildman–Crippen LogP) is 1.38. The van der Waals surface area contributed by atoms with E-state index < -0.39 is 11.5 Å². The molecule has 19 heavy (non-hydrogen) atoms. The maximum atomic E-state index is 12.1. The van der Waals surface area contributed by atoms with Gasteiger partial charge in [0.2, 0.25) is 5.91 Å². The van der Waals surface area contributed by atoms with Gasteiger partial charge in [-0.2, -0.15) is 0 Å². The molecular weight excluding hydrogens is 244 g/mol. The lowest BCUT2D eigenvalue weighted by atomic mass is 9.88. The number of carbonyl (C=O) groups excluding carboxylic acids is 2. The Morgan fingerprint density at radius 1 is 1.47 bits per heavy atom. The molecule has 0 radical (unpaired) electrons. The lowest BCUT2D eigenvalue weighted by Gasteiger charge is -2.34. The number of pyridine rings is 1. The highest BCUT2D eigenvalue weighted by molar-refractivity contribution is 5.88. The number of likely N-dealkylation sites (tertiary alicyclic amines) is 1. The van der Waals surface area contributed by atoms with E-state index in [9.17, 15) is 9.59 Å². The lowest BCUT2D eigenvalue weighted by molar-refractivity contribution is -0.148. The fraction of sp³-hybridized carbons (Fsp3) is 0.500. The van der Waals surface area contributed by atoms with E-state index in [2.05, 4.69) is 4.98 Å². The maximum Gasteiger partial charge on any atom is 0.311 e. The van der Waals surface area contributed by atoms with Crippen LogP contribution in [0.2, 0.25) is 0 Å². The highest BCUT2D eigenvalue weighted by Crippen LogP contribution is 2.37. The summed E-state index contributed by atoms with van der Waals surface area (Å²) in [5.41, 5.74) is 0.468. The van der Waals surface area contributed by atoms with Crippen molar-refractivity contribution in [1.29, 1.82) is 0 Å². The summed E-state index contributed by atoms with van der Waals surface area (Å²) in [5.74, 6) is -0.750. The zero-order valence-corrected chi connectivity index (χ0v) is 11.4. The van der Waals surface area contributed by atoms with Gasteiger partial charge < -0.3 is 9.64 Å². The zero-order chi connectivity index (χ0) is 14.0. The average Bonchev–Trinajstić information content (AvgIpc) is 2.62. The molecule has 1 aromatic rings. The third-order valence-electron chi connectivity index (χ3n) is 3.80. The van der Waals surface area contributed by atoms with Crippen molar-refractivity contribution in [2.24, 2.45) is 5.92 Å². The van der Waals surface area contributed by atoms with Gasteiger partial charge in [0.1, 0.15) is 0 Å². The van der Waals surface area contributed by atoms with Crippen molar-refractivity contribution in [3.8, 4) is 0 Å². The average molecular weight is 262 g/mol. The van der Waals surface area contributed by atoms with Crippen molar-refractivity contribution in [3.63, 3.8) is 0 Å². The first-order valence-corrected chi connectivity index (χ1v) is 6.24. The van der Waals surface area contributed by atoms with E-state index in [4.69, 9.17) is 4.74 Å². The molecule has 1 amide bonds. The standard InChI is InChI=1S/C14H18N2O3/c1-14(2)11(13(18)19-3)8-12(17)16(14)9-10-4-6-15-7-5-10/h4-7,11H,8-9H2,1-3H3. The number of hydrogen-bond acceptors (Lipinski definition) is 4. The van der Waals surface area contributed by atoms with Crippen molar-refractivity contribution in [1.82, 2.24) is 9.88 Å². The van der Waals surface area contributed by atoms with Crippen molar-refractivity contribution in [2.75, 3.05) is 7.11 Å². The molecule has 2 rings (SSSR count). The van der Waals surface area contributed by atoms with E-state index in [1.807, 2.05) is 26.0 Å². The Labute approximate surface area is 112 Å². The summed E-state index contributed by atoms with van der Waals surface area (Å²) in [6.45, 7) is 4.29. The second kappa shape index (κ2) is 4.99. The number of aromatic nitrogens is 1. The fourth-order valence-electron chi connectivity index (χ4n) is 2.52. The molecule has 2 heterocycles. The Balaban J connectivity index is 2.21. The molecule has 1 aromatic heterocycles. The van der Waals surface area contributed by atoms with Crippen LogP contribution in [0, 0.1) is 5.92 Å². The summed E-state index contributed by atoms with van der Waals surface area (Å²) in [6.07, 6.45) is 3.60. The summed E-state index contributed by atoms with van der Waals surface area (Å²) in [4.78, 5) is 29.6. The van der Waals surface area contributed by atoms with Crippen molar-refractivity contribution < 1.29 is 14.3 Å².